The van der Waals surface area contributed by atoms with Gasteiger partial charge in [-0.15, -0.1) is 0 Å². The Kier molecular flexibility index (Phi) is 69.1. The Labute approximate surface area is 612 Å². The van der Waals surface area contributed by atoms with E-state index in [1.54, 1.807) is 0 Å². The molecule has 590 valence electrons. The number of unbranched alkanes of at least 4 members (excludes halogenated alkanes) is 41. The van der Waals surface area contributed by atoms with Crippen LogP contribution in [0.3, 0.4) is 0 Å². The maximum Gasteiger partial charge on any atom is 0.472 e. The van der Waals surface area contributed by atoms with E-state index in [0.717, 1.165) is 133 Å². The minimum atomic E-state index is -4.97. The van der Waals surface area contributed by atoms with Gasteiger partial charge in [0.1, 0.15) is 19.3 Å². The quantitative estimate of drug-likeness (QED) is 0.0169. The molecular weight excluding hydrogens is 1310 g/mol. The Hall–Kier alpha value is -2.46. The summed E-state index contributed by atoms with van der Waals surface area (Å²) in [5.41, 5.74) is 0. The highest BCUT2D eigenvalue weighted by Crippen LogP contribution is 2.45. The number of carbonyl (C=O) groups is 4. The number of phosphoric acid groups is 2. The van der Waals surface area contributed by atoms with Gasteiger partial charge >= 0.3 is 39.5 Å². The van der Waals surface area contributed by atoms with Gasteiger partial charge in [-0.25, -0.2) is 9.13 Å². The average Bonchev–Trinajstić information content (AvgIpc) is 0.941. The monoisotopic (exact) mass is 1460 g/mol. The fourth-order valence-corrected chi connectivity index (χ4v) is 13.5. The minimum Gasteiger partial charge on any atom is -0.462 e. The first-order chi connectivity index (χ1) is 48.3. The summed E-state index contributed by atoms with van der Waals surface area (Å²) in [7, 11) is -9.93. The van der Waals surface area contributed by atoms with Crippen molar-refractivity contribution in [2.24, 2.45) is 17.8 Å². The van der Waals surface area contributed by atoms with Crippen molar-refractivity contribution in [3.05, 3.63) is 24.3 Å². The van der Waals surface area contributed by atoms with Crippen molar-refractivity contribution < 1.29 is 80.2 Å². The Morgan fingerprint density at radius 3 is 0.890 bits per heavy atom. The molecule has 3 unspecified atom stereocenters. The van der Waals surface area contributed by atoms with Crippen molar-refractivity contribution in [2.45, 2.75) is 414 Å². The molecule has 0 saturated heterocycles. The molecular formula is C81H154O17P2. The smallest absolute Gasteiger partial charge is 0.462 e. The topological polar surface area (TPSA) is 237 Å². The van der Waals surface area contributed by atoms with Gasteiger partial charge in [0.2, 0.25) is 0 Å². The molecule has 100 heavy (non-hydrogen) atoms. The molecule has 0 radical (unpaired) electrons. The lowest BCUT2D eigenvalue weighted by molar-refractivity contribution is -0.161. The number of hydrogen-bond donors (Lipinski definition) is 3. The largest absolute Gasteiger partial charge is 0.472 e. The SMILES string of the molecule is CCCCCC/C=C\C=C/CCCCCCCC(=O)OC[C@H](COP(=O)(O)OC[C@@H](O)COP(=O)(O)OC[C@@H](COC(=O)CCCCCCCCC(C)CC)OC(=O)CCCCCCCCCCCCCCCCCC(C)C)OC(=O)CCCCCCCCCCCCCCCCC(C)C. The summed E-state index contributed by atoms with van der Waals surface area (Å²) in [6.07, 6.45) is 61.8. The van der Waals surface area contributed by atoms with Gasteiger partial charge in [-0.05, 0) is 69.1 Å². The molecule has 0 saturated carbocycles. The van der Waals surface area contributed by atoms with Crippen LogP contribution in [-0.4, -0.2) is 96.7 Å². The Bertz CT molecular complexity index is 2040. The fourth-order valence-electron chi connectivity index (χ4n) is 11.9. The minimum absolute atomic E-state index is 0.100. The van der Waals surface area contributed by atoms with Crippen molar-refractivity contribution in [3.63, 3.8) is 0 Å². The van der Waals surface area contributed by atoms with Crippen LogP contribution in [0.15, 0.2) is 24.3 Å². The van der Waals surface area contributed by atoms with Gasteiger partial charge in [0.05, 0.1) is 26.4 Å². The first-order valence-corrected chi connectivity index (χ1v) is 44.2. The van der Waals surface area contributed by atoms with Gasteiger partial charge in [0.15, 0.2) is 12.2 Å². The summed E-state index contributed by atoms with van der Waals surface area (Å²) >= 11 is 0. The van der Waals surface area contributed by atoms with E-state index in [9.17, 15) is 43.2 Å². The maximum absolute atomic E-state index is 13.1. The Balaban J connectivity index is 5.28. The molecule has 0 aromatic rings. The second-order valence-electron chi connectivity index (χ2n) is 29.7. The molecule has 17 nitrogen and oxygen atoms in total. The van der Waals surface area contributed by atoms with Gasteiger partial charge in [0.25, 0.3) is 0 Å². The van der Waals surface area contributed by atoms with Crippen LogP contribution in [0.1, 0.15) is 395 Å². The number of allylic oxidation sites excluding steroid dienone is 4. The van der Waals surface area contributed by atoms with Crippen LogP contribution < -0.4 is 0 Å². The molecule has 0 fully saturated rings. The normalized spacial score (nSPS) is 14.4. The second kappa shape index (κ2) is 70.8. The van der Waals surface area contributed by atoms with Gasteiger partial charge in [-0.3, -0.25) is 37.3 Å². The number of hydrogen-bond acceptors (Lipinski definition) is 15. The van der Waals surface area contributed by atoms with Crippen LogP contribution in [0.25, 0.3) is 0 Å². The van der Waals surface area contributed by atoms with Crippen LogP contribution >= 0.6 is 15.6 Å². The summed E-state index contributed by atoms with van der Waals surface area (Å²) in [4.78, 5) is 73.0. The van der Waals surface area contributed by atoms with Crippen molar-refractivity contribution in [3.8, 4) is 0 Å². The highest BCUT2D eigenvalue weighted by Gasteiger charge is 2.30. The molecule has 0 aliphatic heterocycles. The van der Waals surface area contributed by atoms with Crippen LogP contribution in [0, 0.1) is 17.8 Å². The van der Waals surface area contributed by atoms with Crippen molar-refractivity contribution >= 4 is 39.5 Å². The number of esters is 4. The summed E-state index contributed by atoms with van der Waals surface area (Å²) in [6, 6.07) is 0. The number of aliphatic hydroxyl groups excluding tert-OH is 1. The first-order valence-electron chi connectivity index (χ1n) is 41.2. The number of aliphatic hydroxyl groups is 1. The van der Waals surface area contributed by atoms with E-state index in [1.165, 1.54) is 180 Å². The van der Waals surface area contributed by atoms with E-state index >= 15 is 0 Å². The summed E-state index contributed by atoms with van der Waals surface area (Å²) < 4.78 is 68.7. The predicted molar refractivity (Wildman–Crippen MR) is 409 cm³/mol. The molecule has 0 aromatic carbocycles. The molecule has 0 aliphatic carbocycles. The molecule has 0 amide bonds. The van der Waals surface area contributed by atoms with Crippen LogP contribution in [0.2, 0.25) is 0 Å². The van der Waals surface area contributed by atoms with E-state index in [-0.39, 0.29) is 25.7 Å². The lowest BCUT2D eigenvalue weighted by atomic mass is 10.00. The highest BCUT2D eigenvalue weighted by molar-refractivity contribution is 7.47. The third kappa shape index (κ3) is 72.5. The summed E-state index contributed by atoms with van der Waals surface area (Å²) in [5, 5.41) is 10.6. The third-order valence-electron chi connectivity index (χ3n) is 18.6. The number of ether oxygens (including phenoxy) is 4. The zero-order valence-corrected chi connectivity index (χ0v) is 66.9. The zero-order chi connectivity index (χ0) is 73.7. The third-order valence-corrected chi connectivity index (χ3v) is 20.5. The molecule has 0 heterocycles. The van der Waals surface area contributed by atoms with Gasteiger partial charge < -0.3 is 33.8 Å². The standard InChI is InChI=1S/C81H154O17P2/c1-8-10-11-12-13-14-15-16-18-25-30-35-40-48-55-62-78(83)91-68-76(97-80(85)64-58-51-42-37-32-27-22-21-24-29-34-39-46-53-60-73(5)6)70-95-99(87,88)93-66-75(82)67-94-100(89,90)96-71-77(69-92-79(84)63-56-49-44-43-47-54-61-74(7)9-2)98-81(86)65-57-50-41-36-31-26-20-17-19-23-28-33-38-45-52-59-72(3)4/h14-16,18,72-77,82H,8-13,17,19-71H2,1-7H3,(H,87,88)(H,89,90)/b15-14-,18-16-/t74?,75-,76-,77-/m1/s1. The lowest BCUT2D eigenvalue weighted by Crippen LogP contribution is -2.30. The summed E-state index contributed by atoms with van der Waals surface area (Å²) in [6.45, 7) is 11.9. The van der Waals surface area contributed by atoms with Crippen LogP contribution in [-0.2, 0) is 65.4 Å². The van der Waals surface area contributed by atoms with Crippen molar-refractivity contribution in [1.82, 2.24) is 0 Å². The average molecular weight is 1460 g/mol. The van der Waals surface area contributed by atoms with E-state index in [4.69, 9.17) is 37.0 Å². The molecule has 0 rings (SSSR count). The van der Waals surface area contributed by atoms with Gasteiger partial charge in [-0.1, -0.05) is 342 Å². The second-order valence-corrected chi connectivity index (χ2v) is 32.6. The lowest BCUT2D eigenvalue weighted by Gasteiger charge is -2.21. The number of carbonyl (C=O) groups excluding carboxylic acids is 4. The van der Waals surface area contributed by atoms with E-state index in [1.807, 2.05) is 0 Å². The molecule has 0 spiro atoms. The van der Waals surface area contributed by atoms with Crippen molar-refractivity contribution in [2.75, 3.05) is 39.6 Å². The summed E-state index contributed by atoms with van der Waals surface area (Å²) in [5.74, 6) is 0.181. The Morgan fingerprint density at radius 2 is 0.590 bits per heavy atom. The van der Waals surface area contributed by atoms with Gasteiger partial charge in [0, 0.05) is 25.7 Å². The van der Waals surface area contributed by atoms with E-state index < -0.39 is 97.5 Å². The number of rotatable bonds is 77. The first kappa shape index (κ1) is 97.5. The predicted octanol–water partition coefficient (Wildman–Crippen LogP) is 23.7. The van der Waals surface area contributed by atoms with Crippen LogP contribution in [0.4, 0.5) is 0 Å². The van der Waals surface area contributed by atoms with Crippen molar-refractivity contribution in [1.29, 1.82) is 0 Å². The maximum atomic E-state index is 13.1. The van der Waals surface area contributed by atoms with E-state index in [2.05, 4.69) is 72.8 Å². The highest BCUT2D eigenvalue weighted by atomic mass is 31.2. The number of phosphoric ester groups is 2. The molecule has 0 aliphatic rings. The Morgan fingerprint density at radius 1 is 0.330 bits per heavy atom. The fraction of sp³-hybridized carbons (Fsp3) is 0.901. The molecule has 0 bridgehead atoms. The van der Waals surface area contributed by atoms with Crippen LogP contribution in [0.5, 0.6) is 0 Å². The molecule has 3 N–H and O–H groups in total. The molecule has 19 heteroatoms. The van der Waals surface area contributed by atoms with E-state index in [0.29, 0.717) is 25.7 Å². The molecule has 0 aromatic heterocycles. The van der Waals surface area contributed by atoms with Gasteiger partial charge in [-0.2, -0.15) is 0 Å². The molecule has 6 atom stereocenters. The zero-order valence-electron chi connectivity index (χ0n) is 65.2.